The number of carbonyl (C=O) groups is 2. The van der Waals surface area contributed by atoms with E-state index >= 15 is 0 Å². The van der Waals surface area contributed by atoms with Crippen LogP contribution in [0.3, 0.4) is 0 Å². The molecule has 0 spiro atoms. The zero-order valence-corrected chi connectivity index (χ0v) is 22.0. The maximum absolute atomic E-state index is 14.4. The van der Waals surface area contributed by atoms with Crippen LogP contribution in [0.25, 0.3) is 0 Å². The van der Waals surface area contributed by atoms with Crippen molar-refractivity contribution in [3.05, 3.63) is 81.9 Å². The highest BCUT2D eigenvalue weighted by atomic mass is 19.4. The highest BCUT2D eigenvalue weighted by molar-refractivity contribution is 5.80. The molecule has 0 radical (unpaired) electrons. The van der Waals surface area contributed by atoms with Crippen LogP contribution in [0, 0.1) is 34.9 Å². The first kappa shape index (κ1) is 31.8. The lowest BCUT2D eigenvalue weighted by atomic mass is 10.00. The Balaban J connectivity index is 1.47. The number of fused-ring (bicyclic) bond motifs is 1. The Labute approximate surface area is 237 Å². The molecule has 43 heavy (non-hydrogen) atoms. The van der Waals surface area contributed by atoms with Gasteiger partial charge in [0.2, 0.25) is 17.6 Å². The standard InChI is InChI=1S/C26H23F9N6O2/c27-16-9-20(31)18(29)5-12(16)3-14(36)7-23(42)37-15(4-13-6-19(30)21(32)10-17(13)28)8-24(43)40-1-2-41-22(11-40)38-39-25(41)26(33,34)35/h5-6,9-10,14-15H,1-4,7-8,11,36H2,(H,37,42)/t14-,15+/m0/s1. The summed E-state index contributed by atoms with van der Waals surface area (Å²) in [4.78, 5) is 27.0. The van der Waals surface area contributed by atoms with Crippen LogP contribution in [-0.2, 0) is 41.7 Å². The molecule has 0 fully saturated rings. The summed E-state index contributed by atoms with van der Waals surface area (Å²) in [6.45, 7) is -0.822. The van der Waals surface area contributed by atoms with E-state index in [2.05, 4.69) is 15.5 Å². The van der Waals surface area contributed by atoms with Crippen molar-refractivity contribution in [1.29, 1.82) is 0 Å². The van der Waals surface area contributed by atoms with E-state index in [0.717, 1.165) is 9.47 Å². The van der Waals surface area contributed by atoms with Crippen LogP contribution in [0.4, 0.5) is 39.5 Å². The topological polar surface area (TPSA) is 106 Å². The largest absolute Gasteiger partial charge is 0.451 e. The summed E-state index contributed by atoms with van der Waals surface area (Å²) in [5.74, 6) is -10.8. The van der Waals surface area contributed by atoms with E-state index < -0.39 is 95.6 Å². The van der Waals surface area contributed by atoms with Crippen LogP contribution in [-0.4, -0.2) is 50.1 Å². The summed E-state index contributed by atoms with van der Waals surface area (Å²) < 4.78 is 123. The zero-order valence-electron chi connectivity index (χ0n) is 22.0. The third-order valence-corrected chi connectivity index (χ3v) is 6.72. The number of amides is 2. The van der Waals surface area contributed by atoms with Gasteiger partial charge < -0.3 is 20.5 Å². The Hall–Kier alpha value is -4.15. The van der Waals surface area contributed by atoms with Crippen LogP contribution < -0.4 is 11.1 Å². The first-order valence-electron chi connectivity index (χ1n) is 12.7. The third-order valence-electron chi connectivity index (χ3n) is 6.72. The SMILES string of the molecule is N[C@H](CC(=O)N[C@@H](CC(=O)N1CCn2c(nnc2C(F)(F)F)C1)Cc1cc(F)c(F)cc1F)Cc1cc(F)c(F)cc1F. The molecule has 17 heteroatoms. The summed E-state index contributed by atoms with van der Waals surface area (Å²) in [6.07, 6.45) is -6.71. The summed E-state index contributed by atoms with van der Waals surface area (Å²) in [6, 6.07) is -0.611. The van der Waals surface area contributed by atoms with Gasteiger partial charge in [-0.05, 0) is 36.1 Å². The average molecular weight is 622 g/mol. The van der Waals surface area contributed by atoms with Gasteiger partial charge in [-0.3, -0.25) is 9.59 Å². The maximum atomic E-state index is 14.4. The molecule has 3 aromatic rings. The minimum Gasteiger partial charge on any atom is -0.352 e. The lowest BCUT2D eigenvalue weighted by Crippen LogP contribution is -2.45. The monoisotopic (exact) mass is 622 g/mol. The van der Waals surface area contributed by atoms with Crippen LogP contribution in [0.1, 0.15) is 35.6 Å². The molecule has 2 atom stereocenters. The van der Waals surface area contributed by atoms with E-state index in [1.54, 1.807) is 0 Å². The zero-order chi connectivity index (χ0) is 31.6. The number of carbonyl (C=O) groups excluding carboxylic acids is 2. The Morgan fingerprint density at radius 1 is 0.814 bits per heavy atom. The molecule has 0 saturated carbocycles. The van der Waals surface area contributed by atoms with E-state index in [9.17, 15) is 49.1 Å². The summed E-state index contributed by atoms with van der Waals surface area (Å²) >= 11 is 0. The third kappa shape index (κ3) is 7.63. The van der Waals surface area contributed by atoms with Gasteiger partial charge in [-0.1, -0.05) is 0 Å². The fourth-order valence-corrected chi connectivity index (χ4v) is 4.68. The van der Waals surface area contributed by atoms with E-state index in [0.29, 0.717) is 18.2 Å². The number of aromatic nitrogens is 3. The molecule has 8 nitrogen and oxygen atoms in total. The van der Waals surface area contributed by atoms with Crippen molar-refractivity contribution in [2.75, 3.05) is 6.54 Å². The lowest BCUT2D eigenvalue weighted by Gasteiger charge is -2.30. The van der Waals surface area contributed by atoms with Gasteiger partial charge in [0.15, 0.2) is 29.1 Å². The number of rotatable bonds is 9. The Morgan fingerprint density at radius 3 is 1.95 bits per heavy atom. The molecule has 4 rings (SSSR count). The van der Waals surface area contributed by atoms with E-state index in [1.165, 1.54) is 0 Å². The van der Waals surface area contributed by atoms with Crippen molar-refractivity contribution in [3.8, 4) is 0 Å². The van der Waals surface area contributed by atoms with E-state index in [4.69, 9.17) is 5.73 Å². The predicted molar refractivity (Wildman–Crippen MR) is 130 cm³/mol. The first-order valence-corrected chi connectivity index (χ1v) is 12.7. The van der Waals surface area contributed by atoms with Crippen LogP contribution in [0.2, 0.25) is 0 Å². The lowest BCUT2D eigenvalue weighted by molar-refractivity contribution is -0.148. The summed E-state index contributed by atoms with van der Waals surface area (Å²) in [5.41, 5.74) is 5.19. The number of alkyl halides is 3. The van der Waals surface area contributed by atoms with Crippen LogP contribution in [0.5, 0.6) is 0 Å². The first-order chi connectivity index (χ1) is 20.1. The molecule has 3 N–H and O–H groups in total. The van der Waals surface area contributed by atoms with Gasteiger partial charge >= 0.3 is 6.18 Å². The van der Waals surface area contributed by atoms with Crippen molar-refractivity contribution >= 4 is 11.8 Å². The number of nitrogens with two attached hydrogens (primary N) is 1. The highest BCUT2D eigenvalue weighted by Gasteiger charge is 2.40. The van der Waals surface area contributed by atoms with Gasteiger partial charge in [-0.25, -0.2) is 26.3 Å². The number of hydrogen-bond acceptors (Lipinski definition) is 5. The van der Waals surface area contributed by atoms with Gasteiger partial charge in [-0.2, -0.15) is 13.2 Å². The minimum absolute atomic E-state index is 0.144. The molecule has 1 aliphatic rings. The fraction of sp³-hybridized carbons (Fsp3) is 0.385. The molecule has 0 saturated heterocycles. The van der Waals surface area contributed by atoms with Crippen molar-refractivity contribution in [2.24, 2.45) is 5.73 Å². The number of nitrogens with one attached hydrogen (secondary N) is 1. The van der Waals surface area contributed by atoms with Gasteiger partial charge in [0.05, 0.1) is 6.54 Å². The molecule has 2 aromatic carbocycles. The molecule has 1 aliphatic heterocycles. The fourth-order valence-electron chi connectivity index (χ4n) is 4.68. The molecular weight excluding hydrogens is 599 g/mol. The molecule has 2 heterocycles. The number of nitrogens with zero attached hydrogens (tertiary/aromatic N) is 4. The molecule has 0 unspecified atom stereocenters. The highest BCUT2D eigenvalue weighted by Crippen LogP contribution is 2.29. The van der Waals surface area contributed by atoms with Gasteiger partial charge in [0, 0.05) is 50.1 Å². The second-order valence-corrected chi connectivity index (χ2v) is 9.96. The second kappa shape index (κ2) is 12.6. The second-order valence-electron chi connectivity index (χ2n) is 9.96. The summed E-state index contributed by atoms with van der Waals surface area (Å²) in [7, 11) is 0. The quantitative estimate of drug-likeness (QED) is 0.281. The van der Waals surface area contributed by atoms with Crippen molar-refractivity contribution in [3.63, 3.8) is 0 Å². The maximum Gasteiger partial charge on any atom is 0.451 e. The Bertz CT molecular complexity index is 1530. The van der Waals surface area contributed by atoms with Crippen molar-refractivity contribution < 1.29 is 49.1 Å². The molecule has 2 amide bonds. The molecule has 232 valence electrons. The van der Waals surface area contributed by atoms with E-state index in [1.807, 2.05) is 0 Å². The van der Waals surface area contributed by atoms with E-state index in [-0.39, 0.29) is 43.5 Å². The smallest absolute Gasteiger partial charge is 0.352 e. The molecular formula is C26H23F9N6O2. The number of halogens is 9. The summed E-state index contributed by atoms with van der Waals surface area (Å²) in [5, 5.41) is 9.04. The van der Waals surface area contributed by atoms with Gasteiger partial charge in [0.1, 0.15) is 11.6 Å². The molecule has 1 aromatic heterocycles. The van der Waals surface area contributed by atoms with Gasteiger partial charge in [0.25, 0.3) is 0 Å². The number of benzene rings is 2. The number of hydrogen-bond donors (Lipinski definition) is 2. The van der Waals surface area contributed by atoms with Crippen molar-refractivity contribution in [1.82, 2.24) is 25.0 Å². The molecule has 0 aliphatic carbocycles. The molecule has 0 bridgehead atoms. The Kier molecular flexibility index (Phi) is 9.32. The predicted octanol–water partition coefficient (Wildman–Crippen LogP) is 3.55. The van der Waals surface area contributed by atoms with Crippen LogP contribution >= 0.6 is 0 Å². The normalized spacial score (nSPS) is 14.8. The average Bonchev–Trinajstić information content (AvgIpc) is 3.34. The van der Waals surface area contributed by atoms with Crippen LogP contribution in [0.15, 0.2) is 24.3 Å². The van der Waals surface area contributed by atoms with Crippen molar-refractivity contribution in [2.45, 2.75) is 57.0 Å². The Morgan fingerprint density at radius 2 is 1.37 bits per heavy atom. The van der Waals surface area contributed by atoms with Gasteiger partial charge in [-0.15, -0.1) is 10.2 Å². The minimum atomic E-state index is -4.77.